The number of nitro groups is 1. The second-order valence-electron chi connectivity index (χ2n) is 9.06. The number of hydrogen-bond acceptors (Lipinski definition) is 6. The molecule has 2 aliphatic heterocycles. The molecule has 10 heteroatoms. The normalized spacial score (nSPS) is 18.7. The van der Waals surface area contributed by atoms with Crippen molar-refractivity contribution in [3.8, 4) is 0 Å². The Kier molecular flexibility index (Phi) is 7.42. The highest BCUT2D eigenvalue weighted by atomic mass is 32.2. The maximum absolute atomic E-state index is 13.9. The number of carbonyl (C=O) groups is 1. The van der Waals surface area contributed by atoms with Crippen LogP contribution in [0.3, 0.4) is 0 Å². The third kappa shape index (κ3) is 5.04. The molecular formula is C25H32N4O5S. The number of piperidine rings is 1. The predicted molar refractivity (Wildman–Crippen MR) is 134 cm³/mol. The number of benzene rings is 2. The van der Waals surface area contributed by atoms with Gasteiger partial charge in [0.05, 0.1) is 16.5 Å². The molecule has 9 nitrogen and oxygen atoms in total. The summed E-state index contributed by atoms with van der Waals surface area (Å²) in [6.45, 7) is 6.47. The first-order chi connectivity index (χ1) is 16.8. The number of amides is 1. The second kappa shape index (κ2) is 10.3. The topological polar surface area (TPSA) is 104 Å². The standard InChI is InChI=1S/C25H32N4O5S/c1-3-26(4-2)25(30)21-10-7-14-28(18-21)35(33,34)24-16-22(29(31)32)11-12-23(24)27-15-13-19-8-5-6-9-20(19)17-27/h5-6,8-9,11-12,16,21H,3-4,7,10,13-15,17-18H2,1-2H3/t21-/m1/s1. The monoisotopic (exact) mass is 500 g/mol. The maximum atomic E-state index is 13.9. The molecule has 2 aromatic rings. The number of nitrogens with zero attached hydrogens (tertiary/aromatic N) is 4. The van der Waals surface area contributed by atoms with Gasteiger partial charge in [0.15, 0.2) is 0 Å². The highest BCUT2D eigenvalue weighted by Gasteiger charge is 2.37. The summed E-state index contributed by atoms with van der Waals surface area (Å²) in [5.41, 5.74) is 2.53. The quantitative estimate of drug-likeness (QED) is 0.426. The van der Waals surface area contributed by atoms with Gasteiger partial charge in [-0.05, 0) is 50.3 Å². The smallest absolute Gasteiger partial charge is 0.270 e. The Morgan fingerprint density at radius 1 is 1.11 bits per heavy atom. The summed E-state index contributed by atoms with van der Waals surface area (Å²) in [5.74, 6) is -0.454. The molecule has 1 amide bonds. The molecule has 0 saturated carbocycles. The average Bonchev–Trinajstić information content (AvgIpc) is 2.88. The predicted octanol–water partition coefficient (Wildman–Crippen LogP) is 3.43. The molecule has 2 aromatic carbocycles. The molecule has 0 spiro atoms. The van der Waals surface area contributed by atoms with Gasteiger partial charge in [-0.25, -0.2) is 8.42 Å². The van der Waals surface area contributed by atoms with E-state index in [1.54, 1.807) is 11.0 Å². The minimum Gasteiger partial charge on any atom is -0.366 e. The van der Waals surface area contributed by atoms with Gasteiger partial charge in [0.2, 0.25) is 15.9 Å². The molecule has 4 rings (SSSR count). The van der Waals surface area contributed by atoms with Crippen molar-refractivity contribution in [3.63, 3.8) is 0 Å². The van der Waals surface area contributed by atoms with Gasteiger partial charge in [0, 0.05) is 51.4 Å². The molecule has 188 valence electrons. The SMILES string of the molecule is CCN(CC)C(=O)[C@@H]1CCCN(S(=O)(=O)c2cc([N+](=O)[O-])ccc2N2CCc3ccccc3C2)C1. The van der Waals surface area contributed by atoms with Crippen LogP contribution in [0.25, 0.3) is 0 Å². The Bertz CT molecular complexity index is 1210. The van der Waals surface area contributed by atoms with Crippen molar-refractivity contribution in [3.05, 3.63) is 63.7 Å². The number of hydrogen-bond donors (Lipinski definition) is 0. The third-order valence-corrected chi connectivity index (χ3v) is 8.95. The molecule has 1 fully saturated rings. The van der Waals surface area contributed by atoms with Gasteiger partial charge in [-0.2, -0.15) is 4.31 Å². The van der Waals surface area contributed by atoms with E-state index in [0.717, 1.165) is 12.0 Å². The summed E-state index contributed by atoms with van der Waals surface area (Å²) >= 11 is 0. The molecule has 1 atom stereocenters. The minimum absolute atomic E-state index is 0.0400. The molecule has 0 aliphatic carbocycles. The third-order valence-electron chi connectivity index (χ3n) is 7.05. The van der Waals surface area contributed by atoms with Crippen LogP contribution >= 0.6 is 0 Å². The van der Waals surface area contributed by atoms with Gasteiger partial charge in [0.25, 0.3) is 5.69 Å². The highest BCUT2D eigenvalue weighted by Crippen LogP contribution is 2.36. The maximum Gasteiger partial charge on any atom is 0.270 e. The molecule has 0 aromatic heterocycles. The van der Waals surface area contributed by atoms with Crippen molar-refractivity contribution in [1.82, 2.24) is 9.21 Å². The van der Waals surface area contributed by atoms with Crippen molar-refractivity contribution in [2.24, 2.45) is 5.92 Å². The van der Waals surface area contributed by atoms with E-state index in [2.05, 4.69) is 6.07 Å². The van der Waals surface area contributed by atoms with Gasteiger partial charge in [-0.1, -0.05) is 24.3 Å². The molecule has 0 bridgehead atoms. The number of sulfonamides is 1. The summed E-state index contributed by atoms with van der Waals surface area (Å²) in [7, 11) is -4.06. The molecule has 0 radical (unpaired) electrons. The van der Waals surface area contributed by atoms with E-state index in [1.165, 1.54) is 22.0 Å². The largest absolute Gasteiger partial charge is 0.366 e. The van der Waals surface area contributed by atoms with Gasteiger partial charge in [-0.3, -0.25) is 14.9 Å². The zero-order valence-corrected chi connectivity index (χ0v) is 21.0. The number of anilines is 1. The van der Waals surface area contributed by atoms with Gasteiger partial charge in [0.1, 0.15) is 4.90 Å². The van der Waals surface area contributed by atoms with Crippen LogP contribution in [0.5, 0.6) is 0 Å². The van der Waals surface area contributed by atoms with Crippen LogP contribution < -0.4 is 4.90 Å². The summed E-state index contributed by atoms with van der Waals surface area (Å²) in [6.07, 6.45) is 1.96. The summed E-state index contributed by atoms with van der Waals surface area (Å²) in [5, 5.41) is 11.5. The van der Waals surface area contributed by atoms with Crippen molar-refractivity contribution in [1.29, 1.82) is 0 Å². The number of non-ortho nitro benzene ring substituents is 1. The number of rotatable bonds is 7. The first-order valence-electron chi connectivity index (χ1n) is 12.1. The lowest BCUT2D eigenvalue weighted by atomic mass is 9.98. The van der Waals surface area contributed by atoms with Crippen molar-refractivity contribution >= 4 is 27.3 Å². The Labute approximate surface area is 206 Å². The Morgan fingerprint density at radius 2 is 1.83 bits per heavy atom. The lowest BCUT2D eigenvalue weighted by Gasteiger charge is -2.36. The molecular weight excluding hydrogens is 468 g/mol. The second-order valence-corrected chi connectivity index (χ2v) is 11.0. The molecule has 1 saturated heterocycles. The zero-order chi connectivity index (χ0) is 25.2. The van der Waals surface area contributed by atoms with Gasteiger partial charge < -0.3 is 9.80 Å². The fraction of sp³-hybridized carbons (Fsp3) is 0.480. The van der Waals surface area contributed by atoms with Crippen LogP contribution in [-0.2, 0) is 27.8 Å². The molecule has 0 unspecified atom stereocenters. The highest BCUT2D eigenvalue weighted by molar-refractivity contribution is 7.89. The van der Waals surface area contributed by atoms with Crippen LogP contribution in [0.15, 0.2) is 47.4 Å². The fourth-order valence-corrected chi connectivity index (χ4v) is 6.84. The van der Waals surface area contributed by atoms with Crippen LogP contribution in [0, 0.1) is 16.0 Å². The molecule has 2 heterocycles. The Balaban J connectivity index is 1.69. The summed E-state index contributed by atoms with van der Waals surface area (Å²) in [4.78, 5) is 27.5. The van der Waals surface area contributed by atoms with Gasteiger partial charge >= 0.3 is 0 Å². The molecule has 0 N–H and O–H groups in total. The lowest BCUT2D eigenvalue weighted by Crippen LogP contribution is -2.47. The van der Waals surface area contributed by atoms with Crippen molar-refractivity contribution in [2.75, 3.05) is 37.6 Å². The Morgan fingerprint density at radius 3 is 2.51 bits per heavy atom. The van der Waals surface area contributed by atoms with E-state index in [-0.39, 0.29) is 29.6 Å². The van der Waals surface area contributed by atoms with Crippen LogP contribution in [0.4, 0.5) is 11.4 Å². The van der Waals surface area contributed by atoms with E-state index in [1.807, 2.05) is 36.9 Å². The van der Waals surface area contributed by atoms with Crippen LogP contribution in [0.2, 0.25) is 0 Å². The van der Waals surface area contributed by atoms with E-state index in [4.69, 9.17) is 0 Å². The minimum atomic E-state index is -4.06. The summed E-state index contributed by atoms with van der Waals surface area (Å²) in [6, 6.07) is 12.1. The zero-order valence-electron chi connectivity index (χ0n) is 20.2. The number of carbonyl (C=O) groups excluding carboxylic acids is 1. The van der Waals surface area contributed by atoms with E-state index >= 15 is 0 Å². The van der Waals surface area contributed by atoms with E-state index in [9.17, 15) is 23.3 Å². The van der Waals surface area contributed by atoms with Crippen molar-refractivity contribution < 1.29 is 18.1 Å². The van der Waals surface area contributed by atoms with Crippen LogP contribution in [0.1, 0.15) is 37.8 Å². The number of fused-ring (bicyclic) bond motifs is 1. The number of nitro benzene ring substituents is 1. The first kappa shape index (κ1) is 25.1. The average molecular weight is 501 g/mol. The first-order valence-corrected chi connectivity index (χ1v) is 13.6. The lowest BCUT2D eigenvalue weighted by molar-refractivity contribution is -0.385. The van der Waals surface area contributed by atoms with E-state index in [0.29, 0.717) is 44.7 Å². The molecule has 2 aliphatic rings. The van der Waals surface area contributed by atoms with E-state index < -0.39 is 20.9 Å². The van der Waals surface area contributed by atoms with Crippen molar-refractivity contribution in [2.45, 2.75) is 44.6 Å². The molecule has 35 heavy (non-hydrogen) atoms. The van der Waals surface area contributed by atoms with Crippen LogP contribution in [-0.4, -0.2) is 61.2 Å². The Hall–Kier alpha value is -2.98. The summed E-state index contributed by atoms with van der Waals surface area (Å²) < 4.78 is 29.1. The fourth-order valence-electron chi connectivity index (χ4n) is 5.08. The van der Waals surface area contributed by atoms with Gasteiger partial charge in [-0.15, -0.1) is 0 Å².